The second-order valence-corrected chi connectivity index (χ2v) is 16.9. The lowest BCUT2D eigenvalue weighted by molar-refractivity contribution is 0.723. The fourth-order valence-electron chi connectivity index (χ4n) is 9.09. The highest BCUT2D eigenvalue weighted by Crippen LogP contribution is 2.62. The maximum absolute atomic E-state index is 5.18. The van der Waals surface area contributed by atoms with Gasteiger partial charge in [0.2, 0.25) is 0 Å². The Morgan fingerprint density at radius 3 is 1.67 bits per heavy atom. The summed E-state index contributed by atoms with van der Waals surface area (Å²) in [6, 6.07) is 68.0. The number of hydrogen-bond donors (Lipinski definition) is 0. The summed E-state index contributed by atoms with van der Waals surface area (Å²) in [6.07, 6.45) is 0. The molecule has 1 spiro atoms. The van der Waals surface area contributed by atoms with E-state index in [4.69, 9.17) is 15.0 Å². The zero-order valence-corrected chi connectivity index (χ0v) is 32.2. The van der Waals surface area contributed by atoms with E-state index in [1.54, 1.807) is 11.3 Å². The number of rotatable bonds is 4. The molecule has 0 unspecified atom stereocenters. The number of aromatic nitrogens is 3. The predicted molar refractivity (Wildman–Crippen MR) is 236 cm³/mol. The Bertz CT molecular complexity index is 3190. The second kappa shape index (κ2) is 12.7. The van der Waals surface area contributed by atoms with Gasteiger partial charge in [0.05, 0.1) is 5.41 Å². The van der Waals surface area contributed by atoms with Gasteiger partial charge in [0.25, 0.3) is 0 Å². The van der Waals surface area contributed by atoms with E-state index in [1.807, 2.05) is 30.0 Å². The van der Waals surface area contributed by atoms with Crippen molar-refractivity contribution in [3.05, 3.63) is 210 Å². The van der Waals surface area contributed by atoms with Gasteiger partial charge in [-0.05, 0) is 80.9 Å². The number of nitrogens with zero attached hydrogens (tertiary/aromatic N) is 3. The Hall–Kier alpha value is -6.66. The van der Waals surface area contributed by atoms with Gasteiger partial charge in [-0.15, -0.1) is 11.3 Å². The molecule has 266 valence electrons. The van der Waals surface area contributed by atoms with Crippen LogP contribution >= 0.6 is 23.1 Å². The summed E-state index contributed by atoms with van der Waals surface area (Å²) in [4.78, 5) is 17.9. The van der Waals surface area contributed by atoms with Crippen LogP contribution in [0.1, 0.15) is 22.3 Å². The summed E-state index contributed by atoms with van der Waals surface area (Å²) < 4.78 is 2.50. The summed E-state index contributed by atoms with van der Waals surface area (Å²) in [5.41, 5.74) is 12.7. The standard InChI is InChI=1S/C52H31N3S2/c1-2-13-32(14-3-1)49-53-50(55-51(54-49)36-25-27-40-39-19-6-10-23-45(39)56-48(40)31-36)35-16-12-15-33(29-35)34-26-28-47-44(30-34)52(43-22-9-11-24-46(43)57-47)41-20-7-4-17-37(41)38-18-5-8-21-42(38)52/h1-31H. The minimum atomic E-state index is -0.429. The number of fused-ring (bicyclic) bond motifs is 12. The van der Waals surface area contributed by atoms with E-state index in [-0.39, 0.29) is 0 Å². The first-order valence-electron chi connectivity index (χ1n) is 19.2. The van der Waals surface area contributed by atoms with Crippen LogP contribution in [-0.4, -0.2) is 15.0 Å². The topological polar surface area (TPSA) is 38.7 Å². The molecule has 0 N–H and O–H groups in total. The summed E-state index contributed by atoms with van der Waals surface area (Å²) >= 11 is 3.67. The molecule has 0 amide bonds. The highest BCUT2D eigenvalue weighted by atomic mass is 32.2. The molecular formula is C52H31N3S2. The van der Waals surface area contributed by atoms with Crippen LogP contribution in [0.25, 0.3) is 76.6 Å². The van der Waals surface area contributed by atoms with Crippen LogP contribution in [-0.2, 0) is 5.41 Å². The molecule has 0 saturated carbocycles. The molecule has 1 aliphatic heterocycles. The highest BCUT2D eigenvalue weighted by molar-refractivity contribution is 7.99. The van der Waals surface area contributed by atoms with Crippen molar-refractivity contribution in [3.8, 4) is 56.4 Å². The van der Waals surface area contributed by atoms with Crippen LogP contribution in [0, 0.1) is 0 Å². The van der Waals surface area contributed by atoms with E-state index in [2.05, 4.69) is 170 Å². The average molecular weight is 762 g/mol. The van der Waals surface area contributed by atoms with Crippen molar-refractivity contribution in [2.75, 3.05) is 0 Å². The van der Waals surface area contributed by atoms with Gasteiger partial charge in [-0.1, -0.05) is 163 Å². The minimum Gasteiger partial charge on any atom is -0.208 e. The van der Waals surface area contributed by atoms with Gasteiger partial charge in [-0.3, -0.25) is 0 Å². The van der Waals surface area contributed by atoms with Crippen molar-refractivity contribution in [1.82, 2.24) is 15.0 Å². The van der Waals surface area contributed by atoms with E-state index in [9.17, 15) is 0 Å². The third kappa shape index (κ3) is 4.96. The zero-order valence-electron chi connectivity index (χ0n) is 30.6. The first-order valence-corrected chi connectivity index (χ1v) is 20.8. The molecule has 2 aliphatic rings. The van der Waals surface area contributed by atoms with Gasteiger partial charge in [-0.25, -0.2) is 15.0 Å². The molecule has 10 aromatic rings. The predicted octanol–water partition coefficient (Wildman–Crippen LogP) is 13.7. The highest BCUT2D eigenvalue weighted by Gasteiger charge is 2.50. The molecule has 0 atom stereocenters. The average Bonchev–Trinajstić information content (AvgIpc) is 3.80. The molecule has 0 radical (unpaired) electrons. The molecule has 0 saturated heterocycles. The maximum atomic E-state index is 5.18. The van der Waals surface area contributed by atoms with Gasteiger partial charge in [-0.2, -0.15) is 0 Å². The molecule has 2 aromatic heterocycles. The molecule has 8 aromatic carbocycles. The Balaban J connectivity index is 1.02. The summed E-state index contributed by atoms with van der Waals surface area (Å²) in [5.74, 6) is 1.96. The van der Waals surface area contributed by atoms with Crippen LogP contribution in [0.3, 0.4) is 0 Å². The summed E-state index contributed by atoms with van der Waals surface area (Å²) in [5, 5.41) is 2.53. The fourth-order valence-corrected chi connectivity index (χ4v) is 11.4. The lowest BCUT2D eigenvalue weighted by Crippen LogP contribution is -2.32. The summed E-state index contributed by atoms with van der Waals surface area (Å²) in [7, 11) is 0. The molecular weight excluding hydrogens is 731 g/mol. The minimum absolute atomic E-state index is 0.429. The normalized spacial score (nSPS) is 13.3. The Morgan fingerprint density at radius 1 is 0.333 bits per heavy atom. The van der Waals surface area contributed by atoms with Crippen molar-refractivity contribution in [2.24, 2.45) is 0 Å². The van der Waals surface area contributed by atoms with E-state index >= 15 is 0 Å². The van der Waals surface area contributed by atoms with Gasteiger partial charge >= 0.3 is 0 Å². The van der Waals surface area contributed by atoms with Crippen LogP contribution < -0.4 is 0 Å². The molecule has 3 heterocycles. The van der Waals surface area contributed by atoms with E-state index in [1.165, 1.54) is 63.3 Å². The van der Waals surface area contributed by atoms with Crippen LogP contribution in [0.2, 0.25) is 0 Å². The first kappa shape index (κ1) is 32.6. The molecule has 5 heteroatoms. The quantitative estimate of drug-likeness (QED) is 0.179. The third-order valence-electron chi connectivity index (χ3n) is 11.6. The number of benzene rings is 8. The molecule has 12 rings (SSSR count). The monoisotopic (exact) mass is 761 g/mol. The van der Waals surface area contributed by atoms with Crippen molar-refractivity contribution < 1.29 is 0 Å². The largest absolute Gasteiger partial charge is 0.208 e. The lowest BCUT2D eigenvalue weighted by atomic mass is 9.67. The van der Waals surface area contributed by atoms with Gasteiger partial charge < -0.3 is 0 Å². The molecule has 0 bridgehead atoms. The number of hydrogen-bond acceptors (Lipinski definition) is 5. The van der Waals surface area contributed by atoms with Crippen LogP contribution in [0.4, 0.5) is 0 Å². The van der Waals surface area contributed by atoms with Crippen molar-refractivity contribution in [3.63, 3.8) is 0 Å². The van der Waals surface area contributed by atoms with E-state index in [0.29, 0.717) is 17.5 Å². The zero-order chi connectivity index (χ0) is 37.5. The SMILES string of the molecule is c1ccc(-c2nc(-c3cccc(-c4ccc5c(c4)C4(c6ccccc6S5)c5ccccc5-c5ccccc54)c3)nc(-c3ccc4c(c3)sc3ccccc34)n2)cc1. The van der Waals surface area contributed by atoms with Crippen molar-refractivity contribution >= 4 is 43.3 Å². The van der Waals surface area contributed by atoms with E-state index < -0.39 is 5.41 Å². The summed E-state index contributed by atoms with van der Waals surface area (Å²) in [6.45, 7) is 0. The van der Waals surface area contributed by atoms with Gasteiger partial charge in [0, 0.05) is 46.7 Å². The van der Waals surface area contributed by atoms with Crippen molar-refractivity contribution in [1.29, 1.82) is 0 Å². The molecule has 1 aliphatic carbocycles. The lowest BCUT2D eigenvalue weighted by Gasteiger charge is -2.40. The smallest absolute Gasteiger partial charge is 0.164 e. The van der Waals surface area contributed by atoms with E-state index in [0.717, 1.165) is 27.8 Å². The Labute approximate surface area is 338 Å². The Morgan fingerprint density at radius 2 is 0.877 bits per heavy atom. The van der Waals surface area contributed by atoms with Gasteiger partial charge in [0.15, 0.2) is 17.5 Å². The van der Waals surface area contributed by atoms with Gasteiger partial charge in [0.1, 0.15) is 0 Å². The first-order chi connectivity index (χ1) is 28.2. The maximum Gasteiger partial charge on any atom is 0.164 e. The Kier molecular flexibility index (Phi) is 7.25. The molecule has 57 heavy (non-hydrogen) atoms. The van der Waals surface area contributed by atoms with Crippen LogP contribution in [0.15, 0.2) is 198 Å². The number of thiophene rings is 1. The second-order valence-electron chi connectivity index (χ2n) is 14.7. The fraction of sp³-hybridized carbons (Fsp3) is 0.0192. The molecule has 3 nitrogen and oxygen atoms in total. The third-order valence-corrected chi connectivity index (χ3v) is 13.9. The molecule has 0 fully saturated rings. The van der Waals surface area contributed by atoms with Crippen LogP contribution in [0.5, 0.6) is 0 Å². The van der Waals surface area contributed by atoms with Crippen molar-refractivity contribution in [2.45, 2.75) is 15.2 Å².